The molecule has 4 aromatic carbocycles. The third-order valence-electron chi connectivity index (χ3n) is 6.83. The molecule has 0 radical (unpaired) electrons. The highest BCUT2D eigenvalue weighted by atomic mass is 32.2. The minimum Gasteiger partial charge on any atom is -0.506 e. The minimum atomic E-state index is -5.00. The summed E-state index contributed by atoms with van der Waals surface area (Å²) in [5, 5.41) is 14.0. The number of nitrogens with one attached hydrogen (secondary N) is 1. The van der Waals surface area contributed by atoms with Gasteiger partial charge in [0.15, 0.2) is 5.43 Å². The summed E-state index contributed by atoms with van der Waals surface area (Å²) in [4.78, 5) is 30.1. The fourth-order valence-corrected chi connectivity index (χ4v) is 6.26. The van der Waals surface area contributed by atoms with Crippen molar-refractivity contribution in [1.82, 2.24) is 4.98 Å². The molecule has 11 nitrogen and oxygen atoms in total. The van der Waals surface area contributed by atoms with Crippen LogP contribution in [0.3, 0.4) is 0 Å². The smallest absolute Gasteiger partial charge is 0.296 e. The van der Waals surface area contributed by atoms with Crippen LogP contribution in [0.1, 0.15) is 5.56 Å². The first-order chi connectivity index (χ1) is 19.9. The Morgan fingerprint density at radius 1 is 0.738 bits per heavy atom. The Bertz CT molecular complexity index is 2540. The molecule has 0 bridgehead atoms. The molecule has 13 heteroatoms. The van der Waals surface area contributed by atoms with Gasteiger partial charge in [0.1, 0.15) is 10.7 Å². The Morgan fingerprint density at radius 2 is 1.40 bits per heavy atom. The van der Waals surface area contributed by atoms with Crippen molar-refractivity contribution in [3.63, 3.8) is 0 Å². The lowest BCUT2D eigenvalue weighted by Crippen LogP contribution is -2.33. The fourth-order valence-electron chi connectivity index (χ4n) is 5.07. The largest absolute Gasteiger partial charge is 0.506 e. The number of anilines is 2. The molecule has 0 saturated carbocycles. The van der Waals surface area contributed by atoms with Gasteiger partial charge >= 0.3 is 0 Å². The lowest BCUT2D eigenvalue weighted by molar-refractivity contribution is 0.481. The second kappa shape index (κ2) is 9.56. The lowest BCUT2D eigenvalue weighted by atomic mass is 9.96. The van der Waals surface area contributed by atoms with Crippen LogP contribution in [0.15, 0.2) is 104 Å². The zero-order chi connectivity index (χ0) is 30.0. The summed E-state index contributed by atoms with van der Waals surface area (Å²) in [5.41, 5.74) is -1.85. The van der Waals surface area contributed by atoms with Gasteiger partial charge in [0.25, 0.3) is 25.8 Å². The molecule has 0 saturated heterocycles. The van der Waals surface area contributed by atoms with E-state index in [2.05, 4.69) is 10.3 Å². The van der Waals surface area contributed by atoms with E-state index in [1.165, 1.54) is 24.3 Å². The predicted molar refractivity (Wildman–Crippen MR) is 154 cm³/mol. The Labute approximate surface area is 236 Å². The summed E-state index contributed by atoms with van der Waals surface area (Å²) >= 11 is 0. The second-order valence-electron chi connectivity index (χ2n) is 9.38. The molecule has 42 heavy (non-hydrogen) atoms. The summed E-state index contributed by atoms with van der Waals surface area (Å²) in [6.07, 6.45) is 0. The summed E-state index contributed by atoms with van der Waals surface area (Å²) in [5.74, 6) is -0.736. The van der Waals surface area contributed by atoms with Crippen molar-refractivity contribution < 1.29 is 31.0 Å². The van der Waals surface area contributed by atoms with Crippen LogP contribution in [0.4, 0.5) is 11.4 Å². The molecular formula is C29H18N2O9S2. The Hall–Kier alpha value is -4.95. The van der Waals surface area contributed by atoms with Gasteiger partial charge in [-0.3, -0.25) is 18.7 Å². The number of rotatable bonds is 5. The summed E-state index contributed by atoms with van der Waals surface area (Å²) in [6.45, 7) is 0. The van der Waals surface area contributed by atoms with E-state index < -0.39 is 57.5 Å². The standard InChI is InChI=1S/C29H18N2O9S2/c32-27(15-7-6-10-17(13-15)41(35,36)37)25-22-18-11-4-5-12-19(18)28(33)23-20(30-16-8-2-1-3-9-16)14-21(42(38,39)40)26(24(22)23)31-29(25)34/h1-14,30,32H,(H,35,36,37)(H,38,39,40). The first kappa shape index (κ1) is 27.2. The van der Waals surface area contributed by atoms with E-state index in [4.69, 9.17) is 0 Å². The van der Waals surface area contributed by atoms with E-state index in [0.29, 0.717) is 5.69 Å². The van der Waals surface area contributed by atoms with E-state index in [1.54, 1.807) is 42.5 Å². The molecule has 0 atom stereocenters. The number of hydrogen-bond donors (Lipinski definition) is 4. The number of aliphatic hydroxyl groups excluding tert-OH is 1. The van der Waals surface area contributed by atoms with Gasteiger partial charge in [-0.1, -0.05) is 54.6 Å². The molecule has 0 unspecified atom stereocenters. The van der Waals surface area contributed by atoms with Crippen LogP contribution in [0.5, 0.6) is 0 Å². The number of aromatic nitrogens is 1. The van der Waals surface area contributed by atoms with Gasteiger partial charge in [0.2, 0.25) is 0 Å². The summed E-state index contributed by atoms with van der Waals surface area (Å²) in [7, 11) is -9.67. The topological polar surface area (TPSA) is 188 Å². The predicted octanol–water partition coefficient (Wildman–Crippen LogP) is 2.94. The number of benzene rings is 4. The van der Waals surface area contributed by atoms with Gasteiger partial charge in [0.05, 0.1) is 26.7 Å². The SMILES string of the molecule is O=c1nc2c(S(=O)(=O)O)cc(Nc3ccccc3)c3c2=c(c1=C(O)c1cccc(S(=O)(=O)O)c1)c1ccccc1c3=O. The molecule has 4 N–H and O–H groups in total. The average Bonchev–Trinajstić information content (AvgIpc) is 2.95. The van der Waals surface area contributed by atoms with Crippen LogP contribution in [0.2, 0.25) is 0 Å². The second-order valence-corrected chi connectivity index (χ2v) is 12.2. The zero-order valence-electron chi connectivity index (χ0n) is 21.1. The number of hydrogen-bond acceptors (Lipinski definition) is 9. The molecule has 0 amide bonds. The number of aliphatic hydroxyl groups is 1. The van der Waals surface area contributed by atoms with Crippen LogP contribution in [0.25, 0.3) is 27.4 Å². The highest BCUT2D eigenvalue weighted by molar-refractivity contribution is 7.86. The third-order valence-corrected chi connectivity index (χ3v) is 8.55. The van der Waals surface area contributed by atoms with Crippen molar-refractivity contribution in [2.75, 3.05) is 5.32 Å². The van der Waals surface area contributed by atoms with Crippen molar-refractivity contribution in [3.05, 3.63) is 127 Å². The maximum Gasteiger partial charge on any atom is 0.296 e. The van der Waals surface area contributed by atoms with E-state index in [0.717, 1.165) is 18.2 Å². The highest BCUT2D eigenvalue weighted by Gasteiger charge is 2.25. The number of para-hydroxylation sites is 1. The molecule has 210 valence electrons. The molecule has 6 rings (SSSR count). The van der Waals surface area contributed by atoms with Gasteiger partial charge in [-0.25, -0.2) is 4.98 Å². The molecule has 1 aliphatic carbocycles. The quantitative estimate of drug-likeness (QED) is 0.212. The van der Waals surface area contributed by atoms with Crippen LogP contribution in [-0.2, 0) is 20.2 Å². The Kier molecular flexibility index (Phi) is 6.20. The highest BCUT2D eigenvalue weighted by Crippen LogP contribution is 2.31. The van der Waals surface area contributed by atoms with Crippen LogP contribution in [0, 0.1) is 10.4 Å². The first-order valence-corrected chi connectivity index (χ1v) is 15.0. The summed E-state index contributed by atoms with van der Waals surface area (Å²) < 4.78 is 68.3. The third kappa shape index (κ3) is 4.40. The van der Waals surface area contributed by atoms with E-state index >= 15 is 0 Å². The van der Waals surface area contributed by atoms with Gasteiger partial charge in [0, 0.05) is 27.1 Å². The first-order valence-electron chi connectivity index (χ1n) is 12.2. The maximum atomic E-state index is 13.9. The van der Waals surface area contributed by atoms with Gasteiger partial charge in [-0.05, 0) is 35.7 Å². The molecule has 0 aromatic heterocycles. The van der Waals surface area contributed by atoms with E-state index in [1.807, 2.05) is 0 Å². The van der Waals surface area contributed by atoms with E-state index in [-0.39, 0.29) is 37.8 Å². The Morgan fingerprint density at radius 3 is 2.07 bits per heavy atom. The van der Waals surface area contributed by atoms with Crippen LogP contribution >= 0.6 is 0 Å². The fraction of sp³-hybridized carbons (Fsp3) is 0. The molecule has 4 aromatic rings. The van der Waals surface area contributed by atoms with Crippen molar-refractivity contribution in [1.29, 1.82) is 0 Å². The lowest BCUT2D eigenvalue weighted by Gasteiger charge is -2.15. The van der Waals surface area contributed by atoms with Crippen molar-refractivity contribution in [2.24, 2.45) is 0 Å². The monoisotopic (exact) mass is 602 g/mol. The van der Waals surface area contributed by atoms with E-state index in [9.17, 15) is 40.6 Å². The molecular weight excluding hydrogens is 584 g/mol. The molecule has 1 aliphatic heterocycles. The van der Waals surface area contributed by atoms with Gasteiger partial charge in [-0.15, -0.1) is 0 Å². The maximum absolute atomic E-state index is 13.9. The summed E-state index contributed by atoms with van der Waals surface area (Å²) in [6, 6.07) is 20.2. The van der Waals surface area contributed by atoms with Crippen molar-refractivity contribution >= 4 is 59.0 Å². The van der Waals surface area contributed by atoms with Gasteiger partial charge < -0.3 is 10.4 Å². The van der Waals surface area contributed by atoms with Crippen LogP contribution < -0.4 is 21.5 Å². The molecule has 0 fully saturated rings. The molecule has 0 spiro atoms. The number of nitrogens with zero attached hydrogens (tertiary/aromatic N) is 1. The van der Waals surface area contributed by atoms with Crippen LogP contribution in [-0.4, -0.2) is 36.0 Å². The van der Waals surface area contributed by atoms with Gasteiger partial charge in [-0.2, -0.15) is 16.8 Å². The minimum absolute atomic E-state index is 0.0126. The normalized spacial score (nSPS) is 13.1. The number of fused-ring (bicyclic) bond motifs is 2. The molecule has 1 heterocycles. The van der Waals surface area contributed by atoms with Crippen molar-refractivity contribution in [2.45, 2.75) is 9.79 Å². The Balaban J connectivity index is 1.95. The zero-order valence-corrected chi connectivity index (χ0v) is 22.8. The average molecular weight is 603 g/mol. The van der Waals surface area contributed by atoms with Crippen molar-refractivity contribution in [3.8, 4) is 0 Å². The molecule has 2 aliphatic rings.